The lowest BCUT2D eigenvalue weighted by Crippen LogP contribution is -2.17. The van der Waals surface area contributed by atoms with Crippen molar-refractivity contribution in [2.45, 2.75) is 20.0 Å². The van der Waals surface area contributed by atoms with E-state index in [0.29, 0.717) is 0 Å². The zero-order valence-corrected chi connectivity index (χ0v) is 11.7. The minimum atomic E-state index is 0.829. The lowest BCUT2D eigenvalue weighted by Gasteiger charge is -2.16. The SMILES string of the molecule is Cc1ccc(CN(C)Cc2ccccc2Br)o1. The summed E-state index contributed by atoms with van der Waals surface area (Å²) in [4.78, 5) is 2.23. The number of benzene rings is 1. The van der Waals surface area contributed by atoms with Crippen molar-refractivity contribution in [3.05, 3.63) is 58.0 Å². The van der Waals surface area contributed by atoms with Crippen molar-refractivity contribution in [3.8, 4) is 0 Å². The average Bonchev–Trinajstić information content (AvgIpc) is 2.67. The average molecular weight is 294 g/mol. The third-order valence-corrected chi connectivity index (χ3v) is 3.39. The second kappa shape index (κ2) is 5.52. The molecule has 2 aromatic rings. The van der Waals surface area contributed by atoms with Crippen LogP contribution in [0.1, 0.15) is 17.1 Å². The third kappa shape index (κ3) is 3.45. The van der Waals surface area contributed by atoms with Gasteiger partial charge in [-0.15, -0.1) is 0 Å². The zero-order valence-electron chi connectivity index (χ0n) is 10.1. The van der Waals surface area contributed by atoms with Gasteiger partial charge in [-0.3, -0.25) is 4.90 Å². The van der Waals surface area contributed by atoms with E-state index in [0.717, 1.165) is 29.1 Å². The van der Waals surface area contributed by atoms with E-state index in [9.17, 15) is 0 Å². The normalized spacial score (nSPS) is 11.1. The fourth-order valence-electron chi connectivity index (χ4n) is 1.81. The van der Waals surface area contributed by atoms with Gasteiger partial charge in [0.15, 0.2) is 0 Å². The van der Waals surface area contributed by atoms with Gasteiger partial charge in [0.25, 0.3) is 0 Å². The second-order valence-electron chi connectivity index (χ2n) is 4.28. The summed E-state index contributed by atoms with van der Waals surface area (Å²) < 4.78 is 6.72. The standard InChI is InChI=1S/C14H16BrNO/c1-11-7-8-13(17-11)10-16(2)9-12-5-3-4-6-14(12)15/h3-8H,9-10H2,1-2H3. The van der Waals surface area contributed by atoms with Crippen molar-refractivity contribution < 1.29 is 4.42 Å². The number of rotatable bonds is 4. The first-order chi connectivity index (χ1) is 8.15. The maximum Gasteiger partial charge on any atom is 0.118 e. The van der Waals surface area contributed by atoms with Gasteiger partial charge in [-0.2, -0.15) is 0 Å². The van der Waals surface area contributed by atoms with Crippen LogP contribution in [0.5, 0.6) is 0 Å². The second-order valence-corrected chi connectivity index (χ2v) is 5.13. The van der Waals surface area contributed by atoms with Crippen LogP contribution in [0, 0.1) is 6.92 Å². The van der Waals surface area contributed by atoms with E-state index in [1.807, 2.05) is 25.1 Å². The number of hydrogen-bond acceptors (Lipinski definition) is 2. The van der Waals surface area contributed by atoms with E-state index < -0.39 is 0 Å². The predicted molar refractivity (Wildman–Crippen MR) is 72.8 cm³/mol. The van der Waals surface area contributed by atoms with Crippen LogP contribution in [0.15, 0.2) is 45.3 Å². The molecule has 90 valence electrons. The van der Waals surface area contributed by atoms with Gasteiger partial charge in [0.05, 0.1) is 6.54 Å². The molecule has 0 radical (unpaired) electrons. The van der Waals surface area contributed by atoms with Crippen molar-refractivity contribution in [1.82, 2.24) is 4.90 Å². The Balaban J connectivity index is 1.98. The minimum Gasteiger partial charge on any atom is -0.465 e. The summed E-state index contributed by atoms with van der Waals surface area (Å²) in [5.41, 5.74) is 1.29. The quantitative estimate of drug-likeness (QED) is 0.848. The molecule has 0 bridgehead atoms. The summed E-state index contributed by atoms with van der Waals surface area (Å²) in [5.74, 6) is 1.98. The Labute approximate surface area is 110 Å². The van der Waals surface area contributed by atoms with Crippen LogP contribution in [0.4, 0.5) is 0 Å². The Morgan fingerprint density at radius 1 is 1.12 bits per heavy atom. The van der Waals surface area contributed by atoms with Crippen LogP contribution < -0.4 is 0 Å². The first-order valence-electron chi connectivity index (χ1n) is 5.62. The predicted octanol–water partition coefficient (Wildman–Crippen LogP) is 3.98. The lowest BCUT2D eigenvalue weighted by molar-refractivity contribution is 0.285. The minimum absolute atomic E-state index is 0.829. The van der Waals surface area contributed by atoms with E-state index in [1.165, 1.54) is 5.56 Å². The molecule has 3 heteroatoms. The molecule has 1 heterocycles. The van der Waals surface area contributed by atoms with Crippen LogP contribution in [0.2, 0.25) is 0 Å². The molecule has 0 unspecified atom stereocenters. The van der Waals surface area contributed by atoms with Gasteiger partial charge in [-0.1, -0.05) is 34.1 Å². The summed E-state index contributed by atoms with van der Waals surface area (Å²) in [6.07, 6.45) is 0. The highest BCUT2D eigenvalue weighted by Gasteiger charge is 2.06. The van der Waals surface area contributed by atoms with Crippen LogP contribution >= 0.6 is 15.9 Å². The fourth-order valence-corrected chi connectivity index (χ4v) is 2.22. The molecular weight excluding hydrogens is 278 g/mol. The van der Waals surface area contributed by atoms with Gasteiger partial charge >= 0.3 is 0 Å². The van der Waals surface area contributed by atoms with Crippen molar-refractivity contribution in [3.63, 3.8) is 0 Å². The molecule has 2 rings (SSSR count). The molecule has 0 spiro atoms. The van der Waals surface area contributed by atoms with E-state index in [4.69, 9.17) is 4.42 Å². The van der Waals surface area contributed by atoms with Crippen molar-refractivity contribution >= 4 is 15.9 Å². The number of halogens is 1. The first-order valence-corrected chi connectivity index (χ1v) is 6.42. The molecular formula is C14H16BrNO. The Morgan fingerprint density at radius 3 is 2.53 bits per heavy atom. The fraction of sp³-hybridized carbons (Fsp3) is 0.286. The molecule has 2 nitrogen and oxygen atoms in total. The van der Waals surface area contributed by atoms with Crippen molar-refractivity contribution in [2.24, 2.45) is 0 Å². The maximum absolute atomic E-state index is 5.57. The highest BCUT2D eigenvalue weighted by Crippen LogP contribution is 2.18. The summed E-state index contributed by atoms with van der Waals surface area (Å²) >= 11 is 3.56. The van der Waals surface area contributed by atoms with Gasteiger partial charge in [-0.05, 0) is 37.7 Å². The number of hydrogen-bond donors (Lipinski definition) is 0. The molecule has 0 fully saturated rings. The maximum atomic E-state index is 5.57. The molecule has 0 aliphatic heterocycles. The van der Waals surface area contributed by atoms with Gasteiger partial charge in [-0.25, -0.2) is 0 Å². The van der Waals surface area contributed by atoms with Crippen LogP contribution in [-0.2, 0) is 13.1 Å². The van der Waals surface area contributed by atoms with Crippen LogP contribution in [0.25, 0.3) is 0 Å². The highest BCUT2D eigenvalue weighted by atomic mass is 79.9. The molecule has 0 saturated carbocycles. The Hall–Kier alpha value is -1.06. The zero-order chi connectivity index (χ0) is 12.3. The van der Waals surface area contributed by atoms with Gasteiger partial charge in [0.2, 0.25) is 0 Å². The Morgan fingerprint density at radius 2 is 1.88 bits per heavy atom. The monoisotopic (exact) mass is 293 g/mol. The van der Waals surface area contributed by atoms with Crippen molar-refractivity contribution in [2.75, 3.05) is 7.05 Å². The molecule has 1 aromatic heterocycles. The van der Waals surface area contributed by atoms with Crippen molar-refractivity contribution in [1.29, 1.82) is 0 Å². The van der Waals surface area contributed by atoms with Gasteiger partial charge < -0.3 is 4.42 Å². The summed E-state index contributed by atoms with van der Waals surface area (Å²) in [6.45, 7) is 3.70. The van der Waals surface area contributed by atoms with E-state index in [2.05, 4.69) is 46.1 Å². The third-order valence-electron chi connectivity index (χ3n) is 2.62. The number of furan rings is 1. The molecule has 0 N–H and O–H groups in total. The largest absolute Gasteiger partial charge is 0.465 e. The van der Waals surface area contributed by atoms with E-state index >= 15 is 0 Å². The van der Waals surface area contributed by atoms with E-state index in [1.54, 1.807) is 0 Å². The summed E-state index contributed by atoms with van der Waals surface area (Å²) in [5, 5.41) is 0. The molecule has 0 aliphatic rings. The van der Waals surface area contributed by atoms with Gasteiger partial charge in [0, 0.05) is 11.0 Å². The van der Waals surface area contributed by atoms with Gasteiger partial charge in [0.1, 0.15) is 11.5 Å². The molecule has 0 aliphatic carbocycles. The molecule has 0 atom stereocenters. The first kappa shape index (κ1) is 12.4. The molecule has 17 heavy (non-hydrogen) atoms. The highest BCUT2D eigenvalue weighted by molar-refractivity contribution is 9.10. The summed E-state index contributed by atoms with van der Waals surface area (Å²) in [7, 11) is 2.09. The summed E-state index contributed by atoms with van der Waals surface area (Å²) in [6, 6.07) is 12.3. The lowest BCUT2D eigenvalue weighted by atomic mass is 10.2. The Kier molecular flexibility index (Phi) is 4.02. The molecule has 0 saturated heterocycles. The smallest absolute Gasteiger partial charge is 0.118 e. The Bertz CT molecular complexity index is 492. The topological polar surface area (TPSA) is 16.4 Å². The molecule has 0 amide bonds. The van der Waals surface area contributed by atoms with Crippen LogP contribution in [-0.4, -0.2) is 11.9 Å². The number of nitrogens with zero attached hydrogens (tertiary/aromatic N) is 1. The molecule has 1 aromatic carbocycles. The number of aryl methyl sites for hydroxylation is 1. The van der Waals surface area contributed by atoms with E-state index in [-0.39, 0.29) is 0 Å². The van der Waals surface area contributed by atoms with Crippen LogP contribution in [0.3, 0.4) is 0 Å².